The Bertz CT molecular complexity index is 1120. The van der Waals surface area contributed by atoms with Gasteiger partial charge in [0, 0.05) is 31.1 Å². The molecule has 0 unspecified atom stereocenters. The van der Waals surface area contributed by atoms with Gasteiger partial charge in [-0.25, -0.2) is 9.97 Å². The Kier molecular flexibility index (Phi) is 4.94. The molecule has 0 bridgehead atoms. The van der Waals surface area contributed by atoms with E-state index >= 15 is 0 Å². The molecule has 0 radical (unpaired) electrons. The fraction of sp³-hybridized carbons (Fsp3) is 0.250. The standard InChI is InChI=1S/C20H19N5O4/c1-2-16(27)25-14-8-21-18-17(14)23-10-24-19(18)20(28)22-7-11-3-4-15-12(5-11)6-13(26)9-29-15/h3-5,8,10,21H,2,6-7,9H2,1H3,(H,22,28)(H,25,27). The number of carbonyl (C=O) groups excluding carboxylic acids is 3. The lowest BCUT2D eigenvalue weighted by atomic mass is 10.0. The summed E-state index contributed by atoms with van der Waals surface area (Å²) in [6, 6.07) is 5.51. The van der Waals surface area contributed by atoms with E-state index in [0.29, 0.717) is 35.3 Å². The zero-order chi connectivity index (χ0) is 20.4. The number of ether oxygens (including phenoxy) is 1. The number of rotatable bonds is 5. The van der Waals surface area contributed by atoms with Crippen LogP contribution in [0.15, 0.2) is 30.7 Å². The van der Waals surface area contributed by atoms with E-state index in [4.69, 9.17) is 4.74 Å². The molecular formula is C20H19N5O4. The molecule has 0 saturated heterocycles. The van der Waals surface area contributed by atoms with Crippen molar-refractivity contribution < 1.29 is 19.1 Å². The number of aromatic amines is 1. The minimum atomic E-state index is -0.377. The van der Waals surface area contributed by atoms with Gasteiger partial charge in [0.1, 0.15) is 24.2 Å². The molecule has 4 rings (SSSR count). The lowest BCUT2D eigenvalue weighted by Crippen LogP contribution is -2.25. The molecule has 9 nitrogen and oxygen atoms in total. The number of ketones is 1. The Balaban J connectivity index is 1.50. The molecule has 3 aromatic rings. The number of hydrogen-bond acceptors (Lipinski definition) is 6. The predicted molar refractivity (Wildman–Crippen MR) is 105 cm³/mol. The first-order chi connectivity index (χ1) is 14.0. The Morgan fingerprint density at radius 2 is 2.14 bits per heavy atom. The van der Waals surface area contributed by atoms with Crippen LogP contribution in [0, 0.1) is 0 Å². The molecule has 0 aliphatic carbocycles. The molecule has 2 amide bonds. The normalized spacial score (nSPS) is 12.9. The molecule has 0 spiro atoms. The van der Waals surface area contributed by atoms with Gasteiger partial charge in [-0.1, -0.05) is 13.0 Å². The van der Waals surface area contributed by atoms with Crippen molar-refractivity contribution in [2.75, 3.05) is 11.9 Å². The summed E-state index contributed by atoms with van der Waals surface area (Å²) in [5.41, 5.74) is 3.27. The van der Waals surface area contributed by atoms with Gasteiger partial charge in [-0.3, -0.25) is 14.4 Å². The second kappa shape index (κ2) is 7.70. The molecule has 3 heterocycles. The summed E-state index contributed by atoms with van der Waals surface area (Å²) in [5.74, 6) is 0.202. The van der Waals surface area contributed by atoms with Crippen LogP contribution in [0.25, 0.3) is 11.0 Å². The summed E-state index contributed by atoms with van der Waals surface area (Å²) in [4.78, 5) is 47.1. The van der Waals surface area contributed by atoms with Gasteiger partial charge in [0.15, 0.2) is 11.5 Å². The highest BCUT2D eigenvalue weighted by Crippen LogP contribution is 2.25. The molecule has 1 aliphatic rings. The zero-order valence-electron chi connectivity index (χ0n) is 15.7. The summed E-state index contributed by atoms with van der Waals surface area (Å²) in [6.07, 6.45) is 3.54. The first-order valence-corrected chi connectivity index (χ1v) is 9.21. The number of amides is 2. The van der Waals surface area contributed by atoms with E-state index in [1.807, 2.05) is 12.1 Å². The Morgan fingerprint density at radius 3 is 2.97 bits per heavy atom. The number of aromatic nitrogens is 3. The average molecular weight is 393 g/mol. The fourth-order valence-corrected chi connectivity index (χ4v) is 3.15. The largest absolute Gasteiger partial charge is 0.486 e. The van der Waals surface area contributed by atoms with Crippen molar-refractivity contribution >= 4 is 34.3 Å². The van der Waals surface area contributed by atoms with Crippen molar-refractivity contribution in [2.45, 2.75) is 26.3 Å². The summed E-state index contributed by atoms with van der Waals surface area (Å²) < 4.78 is 5.38. The summed E-state index contributed by atoms with van der Waals surface area (Å²) in [5, 5.41) is 5.56. The Labute approximate surface area is 165 Å². The molecule has 148 valence electrons. The van der Waals surface area contributed by atoms with Gasteiger partial charge in [0.25, 0.3) is 5.91 Å². The van der Waals surface area contributed by atoms with Crippen molar-refractivity contribution in [3.8, 4) is 5.75 Å². The van der Waals surface area contributed by atoms with Gasteiger partial charge < -0.3 is 20.4 Å². The van der Waals surface area contributed by atoms with Gasteiger partial charge in [0.2, 0.25) is 5.91 Å². The molecule has 0 saturated carbocycles. The summed E-state index contributed by atoms with van der Waals surface area (Å²) in [6.45, 7) is 2.12. The lowest BCUT2D eigenvalue weighted by Gasteiger charge is -2.17. The maximum Gasteiger partial charge on any atom is 0.272 e. The van der Waals surface area contributed by atoms with E-state index in [1.54, 1.807) is 19.2 Å². The van der Waals surface area contributed by atoms with E-state index in [2.05, 4.69) is 25.6 Å². The molecule has 1 aromatic carbocycles. The molecule has 2 aromatic heterocycles. The number of H-pyrrole nitrogens is 1. The predicted octanol–water partition coefficient (Wildman–Crippen LogP) is 1.74. The van der Waals surface area contributed by atoms with Crippen molar-refractivity contribution in [3.63, 3.8) is 0 Å². The molecule has 0 fully saturated rings. The van der Waals surface area contributed by atoms with Gasteiger partial charge in [-0.05, 0) is 17.7 Å². The maximum absolute atomic E-state index is 12.7. The first kappa shape index (κ1) is 18.6. The minimum Gasteiger partial charge on any atom is -0.486 e. The summed E-state index contributed by atoms with van der Waals surface area (Å²) in [7, 11) is 0. The third-order valence-corrected chi connectivity index (χ3v) is 4.63. The maximum atomic E-state index is 12.7. The van der Waals surface area contributed by atoms with Gasteiger partial charge in [0.05, 0.1) is 11.2 Å². The van der Waals surface area contributed by atoms with Crippen LogP contribution in [-0.4, -0.2) is 39.2 Å². The third-order valence-electron chi connectivity index (χ3n) is 4.63. The van der Waals surface area contributed by atoms with Crippen LogP contribution in [-0.2, 0) is 22.6 Å². The molecule has 1 aliphatic heterocycles. The number of anilines is 1. The van der Waals surface area contributed by atoms with Crippen LogP contribution < -0.4 is 15.4 Å². The van der Waals surface area contributed by atoms with Crippen molar-refractivity contribution in [2.24, 2.45) is 0 Å². The second-order valence-electron chi connectivity index (χ2n) is 6.68. The number of benzene rings is 1. The van der Waals surface area contributed by atoms with Crippen LogP contribution in [0.1, 0.15) is 35.0 Å². The molecule has 0 atom stereocenters. The smallest absolute Gasteiger partial charge is 0.272 e. The SMILES string of the molecule is CCC(=O)Nc1c[nH]c2c(C(=O)NCc3ccc4c(c3)CC(=O)CO4)ncnc12. The average Bonchev–Trinajstić information content (AvgIpc) is 3.14. The van der Waals surface area contributed by atoms with Gasteiger partial charge in [-0.2, -0.15) is 0 Å². The highest BCUT2D eigenvalue weighted by atomic mass is 16.5. The lowest BCUT2D eigenvalue weighted by molar-refractivity contribution is -0.121. The van der Waals surface area contributed by atoms with E-state index < -0.39 is 0 Å². The number of nitrogens with one attached hydrogen (secondary N) is 3. The molecule has 29 heavy (non-hydrogen) atoms. The van der Waals surface area contributed by atoms with Crippen LogP contribution in [0.5, 0.6) is 5.75 Å². The van der Waals surface area contributed by atoms with E-state index in [9.17, 15) is 14.4 Å². The van der Waals surface area contributed by atoms with E-state index in [1.165, 1.54) is 6.33 Å². The van der Waals surface area contributed by atoms with Crippen LogP contribution in [0.4, 0.5) is 5.69 Å². The van der Waals surface area contributed by atoms with Crippen LogP contribution in [0.3, 0.4) is 0 Å². The van der Waals surface area contributed by atoms with Crippen molar-refractivity contribution in [1.29, 1.82) is 0 Å². The number of fused-ring (bicyclic) bond motifs is 2. The van der Waals surface area contributed by atoms with Gasteiger partial charge >= 0.3 is 0 Å². The Morgan fingerprint density at radius 1 is 1.28 bits per heavy atom. The van der Waals surface area contributed by atoms with E-state index in [-0.39, 0.29) is 36.4 Å². The monoisotopic (exact) mass is 393 g/mol. The minimum absolute atomic E-state index is 0.0276. The summed E-state index contributed by atoms with van der Waals surface area (Å²) >= 11 is 0. The number of hydrogen-bond donors (Lipinski definition) is 3. The highest BCUT2D eigenvalue weighted by Gasteiger charge is 2.19. The zero-order valence-corrected chi connectivity index (χ0v) is 15.7. The third kappa shape index (κ3) is 3.79. The van der Waals surface area contributed by atoms with Crippen LogP contribution in [0.2, 0.25) is 0 Å². The number of nitrogens with zero attached hydrogens (tertiary/aromatic N) is 2. The van der Waals surface area contributed by atoms with Crippen LogP contribution >= 0.6 is 0 Å². The van der Waals surface area contributed by atoms with Gasteiger partial charge in [-0.15, -0.1) is 0 Å². The van der Waals surface area contributed by atoms with Crippen molar-refractivity contribution in [1.82, 2.24) is 20.3 Å². The first-order valence-electron chi connectivity index (χ1n) is 9.21. The van der Waals surface area contributed by atoms with Crippen molar-refractivity contribution in [3.05, 3.63) is 47.5 Å². The number of carbonyl (C=O) groups is 3. The topological polar surface area (TPSA) is 126 Å². The molecular weight excluding hydrogens is 374 g/mol. The van der Waals surface area contributed by atoms with E-state index in [0.717, 1.165) is 11.1 Å². The quantitative estimate of drug-likeness (QED) is 0.606. The molecule has 9 heteroatoms. The fourth-order valence-electron chi connectivity index (χ4n) is 3.15. The Hall–Kier alpha value is -3.75. The molecule has 3 N–H and O–H groups in total. The second-order valence-corrected chi connectivity index (χ2v) is 6.68. The number of Topliss-reactive ketones (excluding diaryl/α,β-unsaturated/α-hetero) is 1. The highest BCUT2D eigenvalue weighted by molar-refractivity contribution is 6.07.